The molecule has 0 amide bonds. The summed E-state index contributed by atoms with van der Waals surface area (Å²) in [6, 6.07) is 46.5. The highest BCUT2D eigenvalue weighted by atomic mass is 28.4. The summed E-state index contributed by atoms with van der Waals surface area (Å²) in [5.41, 5.74) is 15.8. The minimum absolute atomic E-state index is 0. The molecule has 0 saturated carbocycles. The third-order valence-electron chi connectivity index (χ3n) is 14.9. The zero-order valence-corrected chi connectivity index (χ0v) is 58.0. The van der Waals surface area contributed by atoms with Crippen molar-refractivity contribution in [2.45, 2.75) is 177 Å². The molecule has 0 aliphatic carbocycles. The zero-order valence-electron chi connectivity index (χ0n) is 56.0. The van der Waals surface area contributed by atoms with Crippen molar-refractivity contribution in [1.82, 2.24) is 0 Å². The van der Waals surface area contributed by atoms with Gasteiger partial charge in [0.15, 0.2) is 22.4 Å². The highest BCUT2D eigenvalue weighted by Crippen LogP contribution is 2.33. The summed E-state index contributed by atoms with van der Waals surface area (Å²) in [6.07, 6.45) is 1.35. The number of esters is 3. The van der Waals surface area contributed by atoms with Crippen LogP contribution in [0.15, 0.2) is 146 Å². The van der Waals surface area contributed by atoms with Gasteiger partial charge < -0.3 is 32.5 Å². The van der Waals surface area contributed by atoms with Gasteiger partial charge in [-0.25, -0.2) is 14.4 Å². The van der Waals surface area contributed by atoms with Crippen molar-refractivity contribution in [1.29, 1.82) is 0 Å². The predicted octanol–water partition coefficient (Wildman–Crippen LogP) is 21.2. The maximum Gasteiger partial charge on any atom is 0.343 e. The molecule has 0 aliphatic heterocycles. The highest BCUT2D eigenvalue weighted by molar-refractivity contribution is 6.84. The van der Waals surface area contributed by atoms with Crippen molar-refractivity contribution < 1.29 is 51.7 Å². The van der Waals surface area contributed by atoms with Crippen LogP contribution in [0.25, 0.3) is 0 Å². The van der Waals surface area contributed by atoms with E-state index in [1.54, 1.807) is 69.9 Å². The fourth-order valence-corrected chi connectivity index (χ4v) is 19.3. The largest absolute Gasteiger partial charge is 0.497 e. The number of aryl methyl sites for hydroxylation is 8. The van der Waals surface area contributed by atoms with Crippen LogP contribution in [0.2, 0.25) is 32.7 Å². The SMILES string of the molecule is C.C.C.C.C.COc1c(C)cc(Cc2cc(C)c(OC(=O)c3ccc(C(=O)Oc4c(C)cc(Cc5cc(C)c(OC(=O)c6ccc(C(C)=O)cc6)c(C)c5)cc4C)cc3)c(C)c2)cc1C.COc1ccc(C(C)(C)C)cc1.COc1ccccc1C[Si](C)(C)O[Si](C)(C)C. The normalized spacial score (nSPS) is 10.7. The molecule has 11 nitrogen and oxygen atoms in total. The number of Topliss-reactive ketones (excluding diaryl/α,β-unsaturated/α-hetero) is 1. The van der Waals surface area contributed by atoms with Crippen molar-refractivity contribution >= 4 is 40.3 Å². The molecule has 0 N–H and O–H groups in total. The summed E-state index contributed by atoms with van der Waals surface area (Å²) in [5, 5.41) is 0. The van der Waals surface area contributed by atoms with Crippen molar-refractivity contribution in [3.05, 3.63) is 246 Å². The summed E-state index contributed by atoms with van der Waals surface area (Å²) in [7, 11) is 2.00. The molecule has 13 heteroatoms. The molecule has 508 valence electrons. The second kappa shape index (κ2) is 36.3. The maximum absolute atomic E-state index is 13.3. The molecule has 8 aromatic rings. The van der Waals surface area contributed by atoms with Gasteiger partial charge in [-0.2, -0.15) is 0 Å². The topological polar surface area (TPSA) is 133 Å². The first-order valence-electron chi connectivity index (χ1n) is 30.1. The van der Waals surface area contributed by atoms with E-state index in [4.69, 9.17) is 32.5 Å². The second-order valence-corrected chi connectivity index (χ2v) is 34.5. The molecule has 0 radical (unpaired) electrons. The molecule has 0 bridgehead atoms. The van der Waals surface area contributed by atoms with Gasteiger partial charge in [0.1, 0.15) is 34.5 Å². The standard InChI is InChI=1S/C52H50O8.C13H24O2Si2.C11H16O.5CH4/c1-29-19-38(20-30(2)46(29)57-10)27-39-21-31(3)48(32(4)22-39)59-51(55)44-15-17-45(18-16-44)52(56)60-49-35(7)25-41(26-36(49)8)28-40-23-33(5)47(34(6)24-40)58-50(54)43-13-11-42(12-14-43)37(9)53;1-14-13-10-8-7-9-12(13)11-17(5,6)15-16(2,3)4;1-11(2,3)9-5-7-10(12-4)8-6-9;;;;;/h11-26H,27-28H2,1-10H3;7-10H,11H2,1-6H3;5-8H,1-4H3;5*1H4. The van der Waals surface area contributed by atoms with E-state index >= 15 is 0 Å². The molecule has 94 heavy (non-hydrogen) atoms. The van der Waals surface area contributed by atoms with Gasteiger partial charge in [0.05, 0.1) is 38.0 Å². The number of carbonyl (C=O) groups is 4. The van der Waals surface area contributed by atoms with E-state index in [2.05, 4.69) is 89.9 Å². The summed E-state index contributed by atoms with van der Waals surface area (Å²) >= 11 is 0. The number of carbonyl (C=O) groups excluding carboxylic acids is 4. The molecule has 0 aromatic heterocycles. The number of benzene rings is 8. The van der Waals surface area contributed by atoms with Crippen molar-refractivity contribution in [3.8, 4) is 34.5 Å². The van der Waals surface area contributed by atoms with E-state index in [9.17, 15) is 19.2 Å². The molecule has 0 fully saturated rings. The third kappa shape index (κ3) is 23.6. The third-order valence-corrected chi connectivity index (χ3v) is 20.8. The van der Waals surface area contributed by atoms with Crippen molar-refractivity contribution in [2.75, 3.05) is 21.3 Å². The number of methoxy groups -OCH3 is 3. The van der Waals surface area contributed by atoms with Crippen LogP contribution in [0.4, 0.5) is 0 Å². The number of hydrogen-bond acceptors (Lipinski definition) is 11. The van der Waals surface area contributed by atoms with Crippen LogP contribution in [-0.2, 0) is 28.4 Å². The first-order valence-corrected chi connectivity index (χ1v) is 36.6. The number of hydrogen-bond donors (Lipinski definition) is 0. The Hall–Kier alpha value is -8.37. The molecule has 0 spiro atoms. The number of para-hydroxylation sites is 1. The van der Waals surface area contributed by atoms with Gasteiger partial charge in [0.2, 0.25) is 0 Å². The Kier molecular flexibility index (Phi) is 32.3. The number of ketones is 1. The Morgan fingerprint density at radius 1 is 0.394 bits per heavy atom. The van der Waals surface area contributed by atoms with E-state index in [-0.39, 0.29) is 48.3 Å². The molecule has 8 aromatic carbocycles. The van der Waals surface area contributed by atoms with Crippen molar-refractivity contribution in [3.63, 3.8) is 0 Å². The number of rotatable bonds is 18. The molecule has 0 heterocycles. The molecule has 0 atom stereocenters. The average Bonchev–Trinajstić information content (AvgIpc) is 0.874. The minimum atomic E-state index is -1.65. The molecule has 0 saturated heterocycles. The summed E-state index contributed by atoms with van der Waals surface area (Å²) in [4.78, 5) is 51.0. The summed E-state index contributed by atoms with van der Waals surface area (Å²) in [5.74, 6) is 2.67. The lowest BCUT2D eigenvalue weighted by atomic mass is 9.87. The van der Waals surface area contributed by atoms with E-state index in [0.717, 1.165) is 90.9 Å². The second-order valence-electron chi connectivity index (χ2n) is 25.6. The number of ether oxygens (including phenoxy) is 6. The van der Waals surface area contributed by atoms with E-state index in [1.807, 2.05) is 116 Å². The Labute approximate surface area is 567 Å². The summed E-state index contributed by atoms with van der Waals surface area (Å²) < 4.78 is 39.9. The lowest BCUT2D eigenvalue weighted by Gasteiger charge is -2.31. The minimum Gasteiger partial charge on any atom is -0.497 e. The van der Waals surface area contributed by atoms with E-state index in [1.165, 1.54) is 23.6 Å². The molecule has 0 unspecified atom stereocenters. The monoisotopic (exact) mass is 1310 g/mol. The molecule has 0 aliphatic rings. The van der Waals surface area contributed by atoms with Gasteiger partial charge in [0, 0.05) is 5.56 Å². The van der Waals surface area contributed by atoms with E-state index < -0.39 is 34.5 Å². The average molecular weight is 1320 g/mol. The van der Waals surface area contributed by atoms with E-state index in [0.29, 0.717) is 45.9 Å². The predicted molar refractivity (Wildman–Crippen MR) is 398 cm³/mol. The Bertz CT molecular complexity index is 3720. The van der Waals surface area contributed by atoms with Crippen LogP contribution in [0, 0.1) is 55.4 Å². The van der Waals surface area contributed by atoms with Gasteiger partial charge in [-0.15, -0.1) is 0 Å². The Morgan fingerprint density at radius 3 is 0.979 bits per heavy atom. The van der Waals surface area contributed by atoms with Gasteiger partial charge >= 0.3 is 17.9 Å². The molecular weight excluding hydrogens is 1210 g/mol. The first-order chi connectivity index (χ1) is 41.8. The lowest BCUT2D eigenvalue weighted by Crippen LogP contribution is -2.44. The van der Waals surface area contributed by atoms with Crippen LogP contribution in [-0.4, -0.2) is 61.7 Å². The van der Waals surface area contributed by atoms with Crippen LogP contribution in [0.1, 0.15) is 184 Å². The fraction of sp³-hybridized carbons (Fsp3) is 0.358. The van der Waals surface area contributed by atoms with Crippen LogP contribution in [0.3, 0.4) is 0 Å². The Morgan fingerprint density at radius 2 is 0.702 bits per heavy atom. The van der Waals surface area contributed by atoms with Gasteiger partial charge in [-0.3, -0.25) is 4.79 Å². The van der Waals surface area contributed by atoms with Crippen molar-refractivity contribution in [2.24, 2.45) is 0 Å². The molecular formula is C81H110O11Si2. The maximum atomic E-state index is 13.3. The zero-order chi connectivity index (χ0) is 65.7. The smallest absolute Gasteiger partial charge is 0.343 e. The van der Waals surface area contributed by atoms with Gasteiger partial charge in [-0.1, -0.05) is 149 Å². The highest BCUT2D eigenvalue weighted by Gasteiger charge is 2.31. The molecule has 8 rings (SSSR count). The van der Waals surface area contributed by atoms with Gasteiger partial charge in [0.25, 0.3) is 0 Å². The Balaban J connectivity index is 0.00000107. The van der Waals surface area contributed by atoms with Crippen LogP contribution in [0.5, 0.6) is 34.5 Å². The van der Waals surface area contributed by atoms with Crippen LogP contribution < -0.4 is 28.4 Å². The first kappa shape index (κ1) is 83.6. The summed E-state index contributed by atoms with van der Waals surface area (Å²) in [6.45, 7) is 35.0. The quantitative estimate of drug-likeness (QED) is 0.0352. The fourth-order valence-electron chi connectivity index (χ4n) is 11.1. The lowest BCUT2D eigenvalue weighted by molar-refractivity contribution is 0.0718. The van der Waals surface area contributed by atoms with Crippen LogP contribution >= 0.6 is 0 Å². The van der Waals surface area contributed by atoms with Gasteiger partial charge in [-0.05, 0) is 252 Å².